The molecular formula is C5H9NOS2. The molecule has 52 valence electrons. The summed E-state index contributed by atoms with van der Waals surface area (Å²) in [6.07, 6.45) is 3.64. The average molecular weight is 163 g/mol. The van der Waals surface area contributed by atoms with Crippen LogP contribution in [0.25, 0.3) is 0 Å². The van der Waals surface area contributed by atoms with Gasteiger partial charge < -0.3 is 4.84 Å². The van der Waals surface area contributed by atoms with E-state index in [2.05, 4.69) is 24.1 Å². The first-order chi connectivity index (χ1) is 4.34. The summed E-state index contributed by atoms with van der Waals surface area (Å²) in [5.41, 5.74) is 2.83. The fourth-order valence-corrected chi connectivity index (χ4v) is 1.27. The second-order valence-electron chi connectivity index (χ2n) is 1.90. The highest BCUT2D eigenvalue weighted by molar-refractivity contribution is 8.68. The van der Waals surface area contributed by atoms with Crippen molar-refractivity contribution in [2.24, 2.45) is 0 Å². The Balaban J connectivity index is 2.33. The largest absolute Gasteiger partial charge is 0.416 e. The van der Waals surface area contributed by atoms with E-state index in [0.29, 0.717) is 11.3 Å². The molecule has 0 aliphatic carbocycles. The van der Waals surface area contributed by atoms with E-state index in [-0.39, 0.29) is 0 Å². The van der Waals surface area contributed by atoms with Crippen molar-refractivity contribution in [1.29, 1.82) is 0 Å². The Kier molecular flexibility index (Phi) is 2.75. The van der Waals surface area contributed by atoms with Crippen molar-refractivity contribution in [2.45, 2.75) is 18.2 Å². The SMILES string of the molecule is CC(SS)C1C=CON1. The lowest BCUT2D eigenvalue weighted by molar-refractivity contribution is 0.142. The summed E-state index contributed by atoms with van der Waals surface area (Å²) in [4.78, 5) is 4.80. The van der Waals surface area contributed by atoms with E-state index in [1.165, 1.54) is 10.8 Å². The summed E-state index contributed by atoms with van der Waals surface area (Å²) in [5.74, 6) is 0. The summed E-state index contributed by atoms with van der Waals surface area (Å²) in [6.45, 7) is 2.09. The monoisotopic (exact) mass is 163 g/mol. The maximum atomic E-state index is 4.80. The fourth-order valence-electron chi connectivity index (χ4n) is 0.599. The zero-order valence-electron chi connectivity index (χ0n) is 5.07. The van der Waals surface area contributed by atoms with Crippen LogP contribution in [0.4, 0.5) is 0 Å². The fraction of sp³-hybridized carbons (Fsp3) is 0.600. The van der Waals surface area contributed by atoms with Crippen molar-refractivity contribution in [3.8, 4) is 0 Å². The number of hydroxylamine groups is 1. The Morgan fingerprint density at radius 1 is 1.89 bits per heavy atom. The molecule has 0 radical (unpaired) electrons. The van der Waals surface area contributed by atoms with Gasteiger partial charge in [-0.2, -0.15) is 0 Å². The van der Waals surface area contributed by atoms with Gasteiger partial charge in [0.15, 0.2) is 0 Å². The molecule has 0 spiro atoms. The lowest BCUT2D eigenvalue weighted by Crippen LogP contribution is -2.29. The minimum absolute atomic E-state index is 0.312. The van der Waals surface area contributed by atoms with Crippen LogP contribution >= 0.6 is 22.5 Å². The van der Waals surface area contributed by atoms with Crippen molar-refractivity contribution < 1.29 is 4.84 Å². The number of rotatable bonds is 2. The summed E-state index contributed by atoms with van der Waals surface area (Å²) in [7, 11) is 1.52. The minimum atomic E-state index is 0.312. The highest BCUT2D eigenvalue weighted by Crippen LogP contribution is 2.19. The molecule has 9 heavy (non-hydrogen) atoms. The first-order valence-electron chi connectivity index (χ1n) is 2.72. The standard InChI is InChI=1S/C5H9NOS2/c1-4(9-8)5-2-3-7-6-5/h2-6,8H,1H3. The summed E-state index contributed by atoms with van der Waals surface area (Å²) in [5, 5.41) is 0.451. The molecule has 0 saturated heterocycles. The molecule has 2 atom stereocenters. The Bertz CT molecular complexity index is 118. The van der Waals surface area contributed by atoms with E-state index in [1.807, 2.05) is 6.08 Å². The number of hydrogen-bond acceptors (Lipinski definition) is 4. The normalized spacial score (nSPS) is 28.0. The third kappa shape index (κ3) is 1.81. The van der Waals surface area contributed by atoms with Crippen LogP contribution in [0.2, 0.25) is 0 Å². The van der Waals surface area contributed by atoms with Crippen LogP contribution < -0.4 is 5.48 Å². The predicted octanol–water partition coefficient (Wildman–Crippen LogP) is 1.37. The molecule has 1 N–H and O–H groups in total. The first-order valence-corrected chi connectivity index (χ1v) is 4.66. The molecule has 0 bridgehead atoms. The number of thiol groups is 1. The minimum Gasteiger partial charge on any atom is -0.416 e. The van der Waals surface area contributed by atoms with E-state index in [4.69, 9.17) is 4.84 Å². The molecule has 1 aliphatic heterocycles. The van der Waals surface area contributed by atoms with E-state index in [1.54, 1.807) is 6.26 Å². The zero-order valence-corrected chi connectivity index (χ0v) is 6.78. The van der Waals surface area contributed by atoms with E-state index in [0.717, 1.165) is 0 Å². The molecule has 0 saturated carbocycles. The van der Waals surface area contributed by atoms with Gasteiger partial charge in [-0.15, -0.1) is 17.1 Å². The quantitative estimate of drug-likeness (QED) is 0.474. The zero-order chi connectivity index (χ0) is 6.69. The maximum Gasteiger partial charge on any atom is 0.109 e. The van der Waals surface area contributed by atoms with Crippen LogP contribution in [-0.4, -0.2) is 11.3 Å². The summed E-state index contributed by atoms with van der Waals surface area (Å²) in [6, 6.07) is 0.312. The topological polar surface area (TPSA) is 21.3 Å². The first kappa shape index (κ1) is 7.31. The molecule has 0 aromatic heterocycles. The van der Waals surface area contributed by atoms with E-state index in [9.17, 15) is 0 Å². The van der Waals surface area contributed by atoms with Gasteiger partial charge in [-0.1, -0.05) is 17.7 Å². The predicted molar refractivity (Wildman–Crippen MR) is 43.2 cm³/mol. The van der Waals surface area contributed by atoms with Gasteiger partial charge >= 0.3 is 0 Å². The van der Waals surface area contributed by atoms with Gasteiger partial charge in [0.25, 0.3) is 0 Å². The van der Waals surface area contributed by atoms with Crippen LogP contribution in [0.5, 0.6) is 0 Å². The number of nitrogens with one attached hydrogen (secondary N) is 1. The molecule has 2 unspecified atom stereocenters. The van der Waals surface area contributed by atoms with Gasteiger partial charge in [0.1, 0.15) is 6.26 Å². The van der Waals surface area contributed by atoms with Crippen LogP contribution in [0.3, 0.4) is 0 Å². The van der Waals surface area contributed by atoms with Crippen molar-refractivity contribution in [3.05, 3.63) is 12.3 Å². The molecule has 1 heterocycles. The smallest absolute Gasteiger partial charge is 0.109 e. The molecule has 0 aromatic carbocycles. The maximum absolute atomic E-state index is 4.80. The average Bonchev–Trinajstić information content (AvgIpc) is 2.37. The summed E-state index contributed by atoms with van der Waals surface area (Å²) >= 11 is 4.08. The molecule has 1 rings (SSSR count). The van der Waals surface area contributed by atoms with E-state index < -0.39 is 0 Å². The Hall–Kier alpha value is 0.200. The molecule has 0 aromatic rings. The van der Waals surface area contributed by atoms with Crippen molar-refractivity contribution in [2.75, 3.05) is 0 Å². The van der Waals surface area contributed by atoms with Crippen molar-refractivity contribution >= 4 is 22.5 Å². The van der Waals surface area contributed by atoms with Gasteiger partial charge in [0.2, 0.25) is 0 Å². The molecule has 4 heteroatoms. The van der Waals surface area contributed by atoms with Crippen LogP contribution in [-0.2, 0) is 4.84 Å². The van der Waals surface area contributed by atoms with Crippen LogP contribution in [0, 0.1) is 0 Å². The van der Waals surface area contributed by atoms with Crippen molar-refractivity contribution in [1.82, 2.24) is 5.48 Å². The summed E-state index contributed by atoms with van der Waals surface area (Å²) < 4.78 is 0. The molecule has 1 aliphatic rings. The van der Waals surface area contributed by atoms with E-state index >= 15 is 0 Å². The molecule has 0 amide bonds. The van der Waals surface area contributed by atoms with Gasteiger partial charge in [0.05, 0.1) is 6.04 Å². The van der Waals surface area contributed by atoms with Gasteiger partial charge in [-0.25, -0.2) is 0 Å². The second kappa shape index (κ2) is 3.39. The third-order valence-electron chi connectivity index (χ3n) is 1.23. The van der Waals surface area contributed by atoms with Gasteiger partial charge in [0, 0.05) is 5.25 Å². The Morgan fingerprint density at radius 2 is 2.67 bits per heavy atom. The van der Waals surface area contributed by atoms with Crippen LogP contribution in [0.15, 0.2) is 12.3 Å². The number of hydrogen-bond donors (Lipinski definition) is 2. The molecular weight excluding hydrogens is 154 g/mol. The van der Waals surface area contributed by atoms with Gasteiger partial charge in [-0.05, 0) is 6.08 Å². The Labute approximate surface area is 63.8 Å². The highest BCUT2D eigenvalue weighted by Gasteiger charge is 2.16. The molecule has 0 fully saturated rings. The van der Waals surface area contributed by atoms with Crippen LogP contribution in [0.1, 0.15) is 6.92 Å². The van der Waals surface area contributed by atoms with Gasteiger partial charge in [-0.3, -0.25) is 0 Å². The highest BCUT2D eigenvalue weighted by atomic mass is 33.1. The third-order valence-corrected chi connectivity index (χ3v) is 2.85. The molecule has 2 nitrogen and oxygen atoms in total. The lowest BCUT2D eigenvalue weighted by atomic mass is 10.2. The van der Waals surface area contributed by atoms with Crippen molar-refractivity contribution in [3.63, 3.8) is 0 Å². The lowest BCUT2D eigenvalue weighted by Gasteiger charge is -2.12. The second-order valence-corrected chi connectivity index (χ2v) is 3.49. The Morgan fingerprint density at radius 3 is 3.11 bits per heavy atom.